The largest absolute Gasteiger partial charge is 0.383 e. The molecule has 7 heterocycles. The van der Waals surface area contributed by atoms with E-state index in [1.807, 2.05) is 35.8 Å². The Bertz CT molecular complexity index is 2360. The Morgan fingerprint density at radius 1 is 0.869 bits per heavy atom. The highest BCUT2D eigenvalue weighted by atomic mass is 16.5. The van der Waals surface area contributed by atoms with E-state index in [4.69, 9.17) is 25.3 Å². The minimum Gasteiger partial charge on any atom is -0.383 e. The molecule has 4 aliphatic rings. The second kappa shape index (κ2) is 17.7. The molecule has 3 saturated heterocycles. The number of nitrogen functional groups attached to an aromatic ring is 1. The second-order valence-electron chi connectivity index (χ2n) is 17.6. The van der Waals surface area contributed by atoms with Crippen molar-refractivity contribution in [3.05, 3.63) is 59.9 Å². The molecule has 1 aromatic carbocycles. The van der Waals surface area contributed by atoms with Crippen molar-refractivity contribution in [2.45, 2.75) is 121 Å². The predicted octanol–water partition coefficient (Wildman–Crippen LogP) is 6.34. The van der Waals surface area contributed by atoms with Gasteiger partial charge in [-0.3, -0.25) is 19.7 Å². The third-order valence-electron chi connectivity index (χ3n) is 12.9. The first-order chi connectivity index (χ1) is 29.7. The molecule has 320 valence electrons. The average molecular weight is 829 g/mol. The summed E-state index contributed by atoms with van der Waals surface area (Å²) >= 11 is 0. The lowest BCUT2D eigenvalue weighted by atomic mass is 9.89. The molecule has 61 heavy (non-hydrogen) atoms. The molecule has 0 radical (unpaired) electrons. The van der Waals surface area contributed by atoms with E-state index in [-0.39, 0.29) is 41.6 Å². The Kier molecular flexibility index (Phi) is 11.8. The summed E-state index contributed by atoms with van der Waals surface area (Å²) in [6, 6.07) is 8.14. The highest BCUT2D eigenvalue weighted by Gasteiger charge is 2.37. The molecule has 1 saturated carbocycles. The van der Waals surface area contributed by atoms with Crippen LogP contribution in [-0.4, -0.2) is 101 Å². The number of hydrogen-bond donors (Lipinski definition) is 3. The predicted molar refractivity (Wildman–Crippen MR) is 230 cm³/mol. The Morgan fingerprint density at radius 2 is 1.61 bits per heavy atom. The molecule has 1 unspecified atom stereocenters. The fourth-order valence-corrected chi connectivity index (χ4v) is 9.07. The quantitative estimate of drug-likeness (QED) is 0.0735. The fourth-order valence-electron chi connectivity index (χ4n) is 9.07. The van der Waals surface area contributed by atoms with Crippen LogP contribution in [0.4, 0.5) is 11.5 Å². The van der Waals surface area contributed by atoms with Crippen molar-refractivity contribution in [3.63, 3.8) is 0 Å². The van der Waals surface area contributed by atoms with E-state index >= 15 is 0 Å². The van der Waals surface area contributed by atoms with E-state index in [9.17, 15) is 14.4 Å². The minimum atomic E-state index is -0.362. The Balaban J connectivity index is 0.681. The summed E-state index contributed by atoms with van der Waals surface area (Å²) in [5, 5.41) is 15.7. The van der Waals surface area contributed by atoms with E-state index in [1.165, 1.54) is 24.7 Å². The maximum absolute atomic E-state index is 13.0. The number of carbonyl (C=O) groups excluding carboxylic acids is 3. The summed E-state index contributed by atoms with van der Waals surface area (Å²) in [5.41, 5.74) is 12.1. The molecule has 3 amide bonds. The van der Waals surface area contributed by atoms with Crippen molar-refractivity contribution in [1.29, 1.82) is 0 Å². The topological polar surface area (TPSA) is 203 Å². The van der Waals surface area contributed by atoms with Crippen molar-refractivity contribution in [2.24, 2.45) is 0 Å². The third kappa shape index (κ3) is 8.86. The summed E-state index contributed by atoms with van der Waals surface area (Å²) in [4.78, 5) is 59.4. The number of anilines is 2. The SMILES string of the molecule is CC(C)n1nc(-c2noc(C3CC3)c2-c2ncc(C3CN(C(=O)CCCCCCCN4CCC(c5ccc(NC6CCC(=O)NC6=O)cc5)CC4)C3)cn2)c2c(N)ncnc21. The molecular formula is C45H56N12O4. The monoisotopic (exact) mass is 828 g/mol. The van der Waals surface area contributed by atoms with Gasteiger partial charge in [0.25, 0.3) is 0 Å². The molecular weight excluding hydrogens is 773 g/mol. The van der Waals surface area contributed by atoms with Crippen LogP contribution in [0.5, 0.6) is 0 Å². The number of nitrogens with two attached hydrogens (primary N) is 1. The molecule has 9 rings (SSSR count). The number of fused-ring (bicyclic) bond motifs is 1. The van der Waals surface area contributed by atoms with Gasteiger partial charge >= 0.3 is 0 Å². The van der Waals surface area contributed by atoms with Gasteiger partial charge in [0, 0.05) is 61.9 Å². The van der Waals surface area contributed by atoms with Gasteiger partial charge < -0.3 is 25.4 Å². The van der Waals surface area contributed by atoms with Gasteiger partial charge in [-0.05, 0) is 108 Å². The summed E-state index contributed by atoms with van der Waals surface area (Å²) in [7, 11) is 0. The van der Waals surface area contributed by atoms with Crippen LogP contribution in [-0.2, 0) is 14.4 Å². The van der Waals surface area contributed by atoms with Crippen LogP contribution in [0.15, 0.2) is 47.5 Å². The number of imide groups is 1. The molecule has 1 atom stereocenters. The Hall–Kier alpha value is -5.77. The first kappa shape index (κ1) is 40.6. The molecule has 16 heteroatoms. The van der Waals surface area contributed by atoms with Gasteiger partial charge in [-0.25, -0.2) is 24.6 Å². The first-order valence-electron chi connectivity index (χ1n) is 22.2. The van der Waals surface area contributed by atoms with Crippen molar-refractivity contribution in [3.8, 4) is 22.8 Å². The van der Waals surface area contributed by atoms with Gasteiger partial charge in [0.15, 0.2) is 17.2 Å². The molecule has 5 aromatic rings. The summed E-state index contributed by atoms with van der Waals surface area (Å²) in [6.45, 7) is 8.82. The molecule has 0 bridgehead atoms. The zero-order chi connectivity index (χ0) is 42.0. The van der Waals surface area contributed by atoms with Crippen LogP contribution >= 0.6 is 0 Å². The highest BCUT2D eigenvalue weighted by molar-refractivity contribution is 6.02. The molecule has 4 fully saturated rings. The maximum atomic E-state index is 13.0. The van der Waals surface area contributed by atoms with E-state index in [1.54, 1.807) is 0 Å². The standard InChI is InChI=1S/C45H56N12O4/c1-27(2)57-44-38(42(46)49-26-50-44)39(53-57)40-37(41(61-54-40)30-9-10-30)43-47-22-31(23-48-43)32-24-56(25-32)36(59)8-6-4-3-5-7-19-55-20-17-29(18-21-55)28-11-13-33(14-12-28)51-34-15-16-35(58)52-45(34)60/h11-14,22-23,26-27,29-30,32,34,51H,3-10,15-21,24-25H2,1-2H3,(H2,46,49,50)(H,52,58,60). The van der Waals surface area contributed by atoms with Gasteiger partial charge in [0.1, 0.15) is 29.6 Å². The van der Waals surface area contributed by atoms with E-state index in [0.717, 1.165) is 87.2 Å². The number of nitrogens with one attached hydrogen (secondary N) is 2. The van der Waals surface area contributed by atoms with Crippen LogP contribution in [0.3, 0.4) is 0 Å². The minimum absolute atomic E-state index is 0.0452. The van der Waals surface area contributed by atoms with Gasteiger partial charge in [-0.2, -0.15) is 5.10 Å². The molecule has 3 aliphatic heterocycles. The van der Waals surface area contributed by atoms with Gasteiger partial charge in [-0.1, -0.05) is 36.6 Å². The fraction of sp³-hybridized carbons (Fsp3) is 0.533. The number of piperidine rings is 2. The van der Waals surface area contributed by atoms with E-state index in [0.29, 0.717) is 72.3 Å². The second-order valence-corrected chi connectivity index (χ2v) is 17.6. The Labute approximate surface area is 355 Å². The molecule has 4 aromatic heterocycles. The number of hydrogen-bond acceptors (Lipinski definition) is 13. The van der Waals surface area contributed by atoms with Crippen LogP contribution in [0.1, 0.15) is 132 Å². The van der Waals surface area contributed by atoms with Gasteiger partial charge in [0.05, 0.1) is 10.9 Å². The Morgan fingerprint density at radius 3 is 2.33 bits per heavy atom. The summed E-state index contributed by atoms with van der Waals surface area (Å²) in [6.07, 6.45) is 16.6. The number of amides is 3. The van der Waals surface area contributed by atoms with Crippen LogP contribution < -0.4 is 16.4 Å². The number of benzene rings is 1. The average Bonchev–Trinajstić information content (AvgIpc) is 3.87. The summed E-state index contributed by atoms with van der Waals surface area (Å²) < 4.78 is 7.77. The number of carbonyl (C=O) groups is 3. The van der Waals surface area contributed by atoms with Crippen molar-refractivity contribution < 1.29 is 18.9 Å². The molecule has 0 spiro atoms. The number of unbranched alkanes of at least 4 members (excludes halogenated alkanes) is 4. The zero-order valence-electron chi connectivity index (χ0n) is 35.2. The lowest BCUT2D eigenvalue weighted by Gasteiger charge is -2.39. The summed E-state index contributed by atoms with van der Waals surface area (Å²) in [5.74, 6) is 2.46. The zero-order valence-corrected chi connectivity index (χ0v) is 35.2. The number of likely N-dealkylation sites (tertiary alicyclic amines) is 2. The normalized spacial score (nSPS) is 19.1. The first-order valence-corrected chi connectivity index (χ1v) is 22.2. The smallest absolute Gasteiger partial charge is 0.249 e. The van der Waals surface area contributed by atoms with Crippen molar-refractivity contribution in [2.75, 3.05) is 43.8 Å². The van der Waals surface area contributed by atoms with Crippen LogP contribution in [0.25, 0.3) is 33.8 Å². The van der Waals surface area contributed by atoms with Gasteiger partial charge in [-0.15, -0.1) is 0 Å². The van der Waals surface area contributed by atoms with Gasteiger partial charge in [0.2, 0.25) is 17.7 Å². The molecule has 4 N–H and O–H groups in total. The number of nitrogens with zero attached hydrogens (tertiary/aromatic N) is 9. The molecule has 1 aliphatic carbocycles. The van der Waals surface area contributed by atoms with Crippen molar-refractivity contribution >= 4 is 40.3 Å². The maximum Gasteiger partial charge on any atom is 0.249 e. The van der Waals surface area contributed by atoms with E-state index in [2.05, 4.69) is 54.9 Å². The number of rotatable bonds is 16. The lowest BCUT2D eigenvalue weighted by molar-refractivity contribution is -0.136. The lowest BCUT2D eigenvalue weighted by Crippen LogP contribution is -2.48. The number of aromatic nitrogens is 7. The third-order valence-corrected chi connectivity index (χ3v) is 12.9. The van der Waals surface area contributed by atoms with Crippen LogP contribution in [0.2, 0.25) is 0 Å². The van der Waals surface area contributed by atoms with E-state index < -0.39 is 0 Å². The van der Waals surface area contributed by atoms with Crippen LogP contribution in [0, 0.1) is 0 Å². The highest BCUT2D eigenvalue weighted by Crippen LogP contribution is 2.48. The van der Waals surface area contributed by atoms with Crippen molar-refractivity contribution in [1.82, 2.24) is 50.0 Å². The molecule has 16 nitrogen and oxygen atoms in total.